The van der Waals surface area contributed by atoms with Gasteiger partial charge in [-0.15, -0.1) is 0 Å². The minimum absolute atomic E-state index is 0.165. The van der Waals surface area contributed by atoms with Crippen molar-refractivity contribution in [2.24, 2.45) is 11.8 Å². The fourth-order valence-corrected chi connectivity index (χ4v) is 6.22. The lowest BCUT2D eigenvalue weighted by molar-refractivity contribution is -0.146. The number of nitrogens with one attached hydrogen (secondary N) is 1. The molecule has 2 fully saturated rings. The van der Waals surface area contributed by atoms with Crippen LogP contribution in [0, 0.1) is 25.7 Å². The number of aromatic nitrogens is 1. The monoisotopic (exact) mass is 445 g/mol. The fourth-order valence-electron chi connectivity index (χ4n) is 4.71. The van der Waals surface area contributed by atoms with Gasteiger partial charge in [-0.05, 0) is 62.3 Å². The second-order valence-electron chi connectivity index (χ2n) is 8.28. The van der Waals surface area contributed by atoms with Gasteiger partial charge in [0.05, 0.1) is 22.1 Å². The van der Waals surface area contributed by atoms with Crippen LogP contribution in [-0.2, 0) is 14.4 Å². The number of carbonyl (C=O) groups is 3. The van der Waals surface area contributed by atoms with E-state index in [1.165, 1.54) is 16.2 Å². The molecule has 160 valence electrons. The largest absolute Gasteiger partial charge is 0.300 e. The molecule has 1 N–H and O–H groups in total. The molecular formula is C22H27N3O3S2. The number of thioether (sulfide) groups is 1. The maximum atomic E-state index is 13.2. The third kappa shape index (κ3) is 3.87. The summed E-state index contributed by atoms with van der Waals surface area (Å²) >= 11 is 3.03. The number of fused-ring (bicyclic) bond motifs is 2. The molecule has 3 amide bonds. The first-order chi connectivity index (χ1) is 14.4. The molecule has 0 bridgehead atoms. The average molecular weight is 446 g/mol. The second kappa shape index (κ2) is 8.67. The normalized spacial score (nSPS) is 22.4. The summed E-state index contributed by atoms with van der Waals surface area (Å²) in [5.74, 6) is -0.447. The Morgan fingerprint density at radius 3 is 2.53 bits per heavy atom. The van der Waals surface area contributed by atoms with Crippen LogP contribution in [0.15, 0.2) is 12.1 Å². The molecule has 1 aromatic carbocycles. The number of rotatable bonds is 6. The number of aryl methyl sites for hydroxylation is 2. The molecule has 1 aromatic heterocycles. The van der Waals surface area contributed by atoms with E-state index in [2.05, 4.69) is 22.4 Å². The summed E-state index contributed by atoms with van der Waals surface area (Å²) in [6, 6.07) is 3.34. The van der Waals surface area contributed by atoms with Gasteiger partial charge < -0.3 is 5.32 Å². The lowest BCUT2D eigenvalue weighted by atomic mass is 9.81. The Bertz CT molecular complexity index is 979. The second-order valence-corrected chi connectivity index (χ2v) is 10.3. The molecule has 1 saturated carbocycles. The Morgan fingerprint density at radius 1 is 1.23 bits per heavy atom. The molecule has 2 aliphatic rings. The average Bonchev–Trinajstić information content (AvgIpc) is 3.22. The fraction of sp³-hybridized carbons (Fsp3) is 0.545. The molecule has 3 atom stereocenters. The Kier molecular flexibility index (Phi) is 6.16. The Hall–Kier alpha value is -1.93. The summed E-state index contributed by atoms with van der Waals surface area (Å²) in [4.78, 5) is 45.2. The lowest BCUT2D eigenvalue weighted by Crippen LogP contribution is -2.48. The van der Waals surface area contributed by atoms with Gasteiger partial charge in [-0.1, -0.05) is 30.2 Å². The van der Waals surface area contributed by atoms with Gasteiger partial charge >= 0.3 is 0 Å². The quantitative estimate of drug-likeness (QED) is 0.676. The van der Waals surface area contributed by atoms with Gasteiger partial charge in [0.15, 0.2) is 5.13 Å². The van der Waals surface area contributed by atoms with Gasteiger partial charge in [0.25, 0.3) is 0 Å². The number of thiazole rings is 1. The highest BCUT2D eigenvalue weighted by Crippen LogP contribution is 2.39. The summed E-state index contributed by atoms with van der Waals surface area (Å²) < 4.78 is 1.02. The minimum Gasteiger partial charge on any atom is -0.300 e. The van der Waals surface area contributed by atoms with E-state index in [9.17, 15) is 14.4 Å². The summed E-state index contributed by atoms with van der Waals surface area (Å²) in [5.41, 5.74) is 3.09. The van der Waals surface area contributed by atoms with E-state index < -0.39 is 6.04 Å². The zero-order valence-electron chi connectivity index (χ0n) is 17.6. The van der Waals surface area contributed by atoms with Crippen molar-refractivity contribution in [1.82, 2.24) is 9.88 Å². The Labute approximate surface area is 184 Å². The molecule has 1 aliphatic carbocycles. The SMILES string of the molecule is CSCCC(C(=O)Nc1nc2c(C)cc(C)cc2s1)N1C(=O)C2CCCCC2C1=O. The molecule has 8 heteroatoms. The van der Waals surface area contributed by atoms with Gasteiger partial charge in [0, 0.05) is 0 Å². The zero-order chi connectivity index (χ0) is 21.4. The number of benzene rings is 1. The predicted molar refractivity (Wildman–Crippen MR) is 122 cm³/mol. The number of hydrogen-bond donors (Lipinski definition) is 1. The predicted octanol–water partition coefficient (Wildman–Crippen LogP) is 4.15. The van der Waals surface area contributed by atoms with Crippen molar-refractivity contribution in [3.63, 3.8) is 0 Å². The first-order valence-electron chi connectivity index (χ1n) is 10.4. The molecule has 4 rings (SSSR count). The van der Waals surface area contributed by atoms with Crippen LogP contribution in [0.4, 0.5) is 5.13 Å². The molecule has 0 spiro atoms. The standard InChI is InChI=1S/C22H27N3O3S2/c1-12-10-13(2)18-17(11-12)30-22(23-18)24-19(26)16(8-9-29-3)25-20(27)14-6-4-5-7-15(14)21(25)28/h10-11,14-16H,4-9H2,1-3H3,(H,23,24,26). The number of nitrogens with zero attached hydrogens (tertiary/aromatic N) is 2. The highest BCUT2D eigenvalue weighted by Gasteiger charge is 2.51. The van der Waals surface area contributed by atoms with Crippen LogP contribution in [0.5, 0.6) is 0 Å². The van der Waals surface area contributed by atoms with E-state index in [1.807, 2.05) is 20.1 Å². The van der Waals surface area contributed by atoms with Crippen LogP contribution in [0.3, 0.4) is 0 Å². The topological polar surface area (TPSA) is 79.4 Å². The molecule has 6 nitrogen and oxygen atoms in total. The van der Waals surface area contributed by atoms with Crippen molar-refractivity contribution in [3.05, 3.63) is 23.3 Å². The molecule has 1 aliphatic heterocycles. The summed E-state index contributed by atoms with van der Waals surface area (Å²) in [6.07, 6.45) is 5.85. The highest BCUT2D eigenvalue weighted by atomic mass is 32.2. The van der Waals surface area contributed by atoms with Gasteiger partial charge in [-0.3, -0.25) is 19.3 Å². The molecule has 1 saturated heterocycles. The smallest absolute Gasteiger partial charge is 0.249 e. The number of imide groups is 1. The zero-order valence-corrected chi connectivity index (χ0v) is 19.2. The van der Waals surface area contributed by atoms with Crippen LogP contribution < -0.4 is 5.32 Å². The summed E-state index contributed by atoms with van der Waals surface area (Å²) in [5, 5.41) is 3.41. The third-order valence-corrected chi connectivity index (χ3v) is 7.71. The van der Waals surface area contributed by atoms with E-state index in [4.69, 9.17) is 0 Å². The van der Waals surface area contributed by atoms with Crippen LogP contribution in [0.2, 0.25) is 0 Å². The molecule has 3 unspecified atom stereocenters. The van der Waals surface area contributed by atoms with Crippen LogP contribution >= 0.6 is 23.1 Å². The third-order valence-electron chi connectivity index (χ3n) is 6.14. The van der Waals surface area contributed by atoms with Gasteiger partial charge in [0.2, 0.25) is 17.7 Å². The number of anilines is 1. The maximum absolute atomic E-state index is 13.2. The number of likely N-dealkylation sites (tertiary alicyclic amines) is 1. The van der Waals surface area contributed by atoms with Crippen molar-refractivity contribution in [2.45, 2.75) is 52.0 Å². The minimum atomic E-state index is -0.780. The molecule has 0 radical (unpaired) electrons. The number of carbonyl (C=O) groups excluding carboxylic acids is 3. The first kappa shape index (κ1) is 21.3. The Balaban J connectivity index is 1.59. The van der Waals surface area contributed by atoms with E-state index in [1.54, 1.807) is 11.8 Å². The van der Waals surface area contributed by atoms with Crippen molar-refractivity contribution in [2.75, 3.05) is 17.3 Å². The number of hydrogen-bond acceptors (Lipinski definition) is 6. The van der Waals surface area contributed by atoms with E-state index in [-0.39, 0.29) is 29.6 Å². The molecule has 2 heterocycles. The van der Waals surface area contributed by atoms with Crippen molar-refractivity contribution < 1.29 is 14.4 Å². The van der Waals surface area contributed by atoms with Gasteiger partial charge in [0.1, 0.15) is 6.04 Å². The van der Waals surface area contributed by atoms with Gasteiger partial charge in [-0.2, -0.15) is 11.8 Å². The first-order valence-corrected chi connectivity index (χ1v) is 12.7. The van der Waals surface area contributed by atoms with E-state index in [0.717, 1.165) is 47.0 Å². The van der Waals surface area contributed by atoms with Crippen LogP contribution in [0.1, 0.15) is 43.2 Å². The maximum Gasteiger partial charge on any atom is 0.249 e. The van der Waals surface area contributed by atoms with E-state index >= 15 is 0 Å². The van der Waals surface area contributed by atoms with Gasteiger partial charge in [-0.25, -0.2) is 4.98 Å². The van der Waals surface area contributed by atoms with Crippen molar-refractivity contribution in [3.8, 4) is 0 Å². The van der Waals surface area contributed by atoms with E-state index in [0.29, 0.717) is 17.3 Å². The highest BCUT2D eigenvalue weighted by molar-refractivity contribution is 7.98. The Morgan fingerprint density at radius 2 is 1.90 bits per heavy atom. The van der Waals surface area contributed by atoms with Crippen molar-refractivity contribution in [1.29, 1.82) is 0 Å². The lowest BCUT2D eigenvalue weighted by Gasteiger charge is -2.25. The molecule has 2 aromatic rings. The molecular weight excluding hydrogens is 418 g/mol. The summed E-state index contributed by atoms with van der Waals surface area (Å²) in [7, 11) is 0. The van der Waals surface area contributed by atoms with Crippen molar-refractivity contribution >= 4 is 56.2 Å². The summed E-state index contributed by atoms with van der Waals surface area (Å²) in [6.45, 7) is 4.04. The van der Waals surface area contributed by atoms with Crippen LogP contribution in [0.25, 0.3) is 10.2 Å². The number of amides is 3. The van der Waals surface area contributed by atoms with Crippen LogP contribution in [-0.4, -0.2) is 45.7 Å². The molecule has 30 heavy (non-hydrogen) atoms.